The molecule has 0 saturated carbocycles. The van der Waals surface area contributed by atoms with Crippen LogP contribution in [0.15, 0.2) is 0 Å². The quantitative estimate of drug-likeness (QED) is 0.909. The highest BCUT2D eigenvalue weighted by Gasteiger charge is 2.38. The molecule has 2 aromatic heterocycles. The molecule has 1 saturated heterocycles. The Hall–Kier alpha value is -2.39. The summed E-state index contributed by atoms with van der Waals surface area (Å²) in [7, 11) is 0. The van der Waals surface area contributed by atoms with Gasteiger partial charge < -0.3 is 10.2 Å². The maximum atomic E-state index is 13.0. The number of hydrogen-bond acceptors (Lipinski definition) is 5. The summed E-state index contributed by atoms with van der Waals surface area (Å²) in [5.41, 5.74) is 1.32. The topological polar surface area (TPSA) is 75.4 Å². The lowest BCUT2D eigenvalue weighted by Gasteiger charge is -2.16. The van der Waals surface area contributed by atoms with Crippen LogP contribution in [0.3, 0.4) is 0 Å². The summed E-state index contributed by atoms with van der Waals surface area (Å²) in [5.74, 6) is -0.827. The molecule has 1 N–H and O–H groups in total. The highest BCUT2D eigenvalue weighted by atomic mass is 19.4. The first-order valence-corrected chi connectivity index (χ1v) is 8.10. The molecule has 0 spiro atoms. The minimum atomic E-state index is -4.64. The third kappa shape index (κ3) is 3.38. The molecule has 3 rings (SSSR count). The minimum Gasteiger partial charge on any atom is -0.368 e. The van der Waals surface area contributed by atoms with Crippen LogP contribution in [0.1, 0.15) is 36.2 Å². The number of amides is 1. The Morgan fingerprint density at radius 3 is 2.48 bits per heavy atom. The Morgan fingerprint density at radius 1 is 1.16 bits per heavy atom. The van der Waals surface area contributed by atoms with Gasteiger partial charge in [0.1, 0.15) is 5.82 Å². The van der Waals surface area contributed by atoms with Crippen molar-refractivity contribution in [2.24, 2.45) is 0 Å². The van der Waals surface area contributed by atoms with Crippen molar-refractivity contribution < 1.29 is 18.0 Å². The molecule has 2 aromatic rings. The monoisotopic (exact) mass is 356 g/mol. The van der Waals surface area contributed by atoms with Gasteiger partial charge in [-0.15, -0.1) is 15.3 Å². The van der Waals surface area contributed by atoms with E-state index < -0.39 is 12.0 Å². The number of nitrogens with zero attached hydrogens (tertiary/aromatic N) is 5. The number of halogens is 3. The molecule has 0 bridgehead atoms. The van der Waals surface area contributed by atoms with Crippen molar-refractivity contribution in [1.29, 1.82) is 0 Å². The highest BCUT2D eigenvalue weighted by Crippen LogP contribution is 2.29. The second kappa shape index (κ2) is 6.49. The molecule has 7 nitrogen and oxygen atoms in total. The van der Waals surface area contributed by atoms with Gasteiger partial charge in [0, 0.05) is 31.6 Å². The number of anilines is 1. The van der Waals surface area contributed by atoms with Crippen molar-refractivity contribution in [2.75, 3.05) is 25.0 Å². The second-order valence-corrected chi connectivity index (χ2v) is 6.12. The summed E-state index contributed by atoms with van der Waals surface area (Å²) in [6.45, 7) is 5.27. The number of fused-ring (bicyclic) bond motifs is 1. The summed E-state index contributed by atoms with van der Waals surface area (Å²) < 4.78 is 39.7. The Bertz CT molecular complexity index is 795. The van der Waals surface area contributed by atoms with Gasteiger partial charge in [0.2, 0.25) is 5.91 Å². The first-order chi connectivity index (χ1) is 11.8. The summed E-state index contributed by atoms with van der Waals surface area (Å²) in [4.78, 5) is 13.8. The molecule has 25 heavy (non-hydrogen) atoms. The zero-order valence-electron chi connectivity index (χ0n) is 14.0. The van der Waals surface area contributed by atoms with Gasteiger partial charge >= 0.3 is 6.18 Å². The van der Waals surface area contributed by atoms with Crippen LogP contribution in [0.25, 0.3) is 5.65 Å². The fourth-order valence-electron chi connectivity index (χ4n) is 2.89. The number of carbonyl (C=O) groups is 1. The summed E-state index contributed by atoms with van der Waals surface area (Å²) in [6.07, 6.45) is -2.34. The number of aryl methyl sites for hydroxylation is 1. The predicted molar refractivity (Wildman–Crippen MR) is 84.2 cm³/mol. The first-order valence-electron chi connectivity index (χ1n) is 8.10. The molecule has 1 aliphatic rings. The number of hydrogen-bond donors (Lipinski definition) is 1. The molecule has 0 atom stereocenters. The number of rotatable bonds is 4. The maximum absolute atomic E-state index is 13.0. The van der Waals surface area contributed by atoms with Crippen LogP contribution < -0.4 is 5.32 Å². The molecule has 1 aliphatic heterocycles. The SMILES string of the molecule is Cc1c(NCCC(=O)N2CCCC2)nn2c(C(F)(F)F)nnc2c1C. The lowest BCUT2D eigenvalue weighted by atomic mass is 10.2. The maximum Gasteiger partial charge on any atom is 0.453 e. The number of alkyl halides is 3. The van der Waals surface area contributed by atoms with Crippen LogP contribution in [0.4, 0.5) is 19.0 Å². The molecule has 3 heterocycles. The van der Waals surface area contributed by atoms with Gasteiger partial charge in [-0.3, -0.25) is 4.79 Å². The molecule has 136 valence electrons. The van der Waals surface area contributed by atoms with E-state index in [0.717, 1.165) is 25.9 Å². The van der Waals surface area contributed by atoms with E-state index in [0.29, 0.717) is 28.0 Å². The van der Waals surface area contributed by atoms with E-state index in [1.165, 1.54) is 0 Å². The average Bonchev–Trinajstić information content (AvgIpc) is 3.20. The van der Waals surface area contributed by atoms with Crippen molar-refractivity contribution in [1.82, 2.24) is 24.7 Å². The van der Waals surface area contributed by atoms with E-state index in [4.69, 9.17) is 0 Å². The highest BCUT2D eigenvalue weighted by molar-refractivity contribution is 5.77. The lowest BCUT2D eigenvalue weighted by Crippen LogP contribution is -2.29. The number of aromatic nitrogens is 4. The van der Waals surface area contributed by atoms with Crippen LogP contribution >= 0.6 is 0 Å². The van der Waals surface area contributed by atoms with E-state index in [9.17, 15) is 18.0 Å². The van der Waals surface area contributed by atoms with Gasteiger partial charge in [0.05, 0.1) is 0 Å². The fraction of sp³-hybridized carbons (Fsp3) is 0.600. The summed E-state index contributed by atoms with van der Waals surface area (Å²) in [6, 6.07) is 0. The van der Waals surface area contributed by atoms with Gasteiger partial charge in [-0.2, -0.15) is 17.7 Å². The molecular formula is C15H19F3N6O. The summed E-state index contributed by atoms with van der Waals surface area (Å²) >= 11 is 0. The molecule has 0 unspecified atom stereocenters. The Morgan fingerprint density at radius 2 is 1.84 bits per heavy atom. The second-order valence-electron chi connectivity index (χ2n) is 6.12. The van der Waals surface area contributed by atoms with Crippen molar-refractivity contribution in [3.05, 3.63) is 17.0 Å². The lowest BCUT2D eigenvalue weighted by molar-refractivity contribution is -0.146. The van der Waals surface area contributed by atoms with Gasteiger partial charge in [-0.25, -0.2) is 0 Å². The standard InChI is InChI=1S/C15H19F3N6O/c1-9-10(2)13-20-21-14(15(16,17)18)24(13)22-12(9)19-6-5-11(25)23-7-3-4-8-23/h3-8H2,1-2H3,(H,19,22). The van der Waals surface area contributed by atoms with Crippen molar-refractivity contribution >= 4 is 17.4 Å². The molecule has 10 heteroatoms. The van der Waals surface area contributed by atoms with E-state index in [1.807, 2.05) is 0 Å². The van der Waals surface area contributed by atoms with Gasteiger partial charge in [-0.05, 0) is 32.3 Å². The molecule has 0 aromatic carbocycles. The third-order valence-corrected chi connectivity index (χ3v) is 4.44. The Kier molecular flexibility index (Phi) is 4.53. The van der Waals surface area contributed by atoms with Crippen LogP contribution in [-0.4, -0.2) is 50.3 Å². The van der Waals surface area contributed by atoms with E-state index in [2.05, 4.69) is 20.6 Å². The van der Waals surface area contributed by atoms with Crippen LogP contribution in [-0.2, 0) is 11.0 Å². The van der Waals surface area contributed by atoms with E-state index >= 15 is 0 Å². The summed E-state index contributed by atoms with van der Waals surface area (Å²) in [5, 5.41) is 13.8. The van der Waals surface area contributed by atoms with Gasteiger partial charge in [0.25, 0.3) is 5.82 Å². The average molecular weight is 356 g/mol. The van der Waals surface area contributed by atoms with E-state index in [-0.39, 0.29) is 18.0 Å². The zero-order valence-corrected chi connectivity index (χ0v) is 14.0. The van der Waals surface area contributed by atoms with Crippen molar-refractivity contribution in [3.63, 3.8) is 0 Å². The third-order valence-electron chi connectivity index (χ3n) is 4.44. The fourth-order valence-corrected chi connectivity index (χ4v) is 2.89. The molecule has 0 radical (unpaired) electrons. The largest absolute Gasteiger partial charge is 0.453 e. The van der Waals surface area contributed by atoms with Crippen LogP contribution in [0.2, 0.25) is 0 Å². The number of nitrogens with one attached hydrogen (secondary N) is 1. The Balaban J connectivity index is 1.78. The van der Waals surface area contributed by atoms with Crippen molar-refractivity contribution in [3.8, 4) is 0 Å². The Labute approximate surface area is 142 Å². The number of carbonyl (C=O) groups excluding carboxylic acids is 1. The molecule has 1 fully saturated rings. The number of likely N-dealkylation sites (tertiary alicyclic amines) is 1. The van der Waals surface area contributed by atoms with Crippen molar-refractivity contribution in [2.45, 2.75) is 39.3 Å². The smallest absolute Gasteiger partial charge is 0.368 e. The van der Waals surface area contributed by atoms with Gasteiger partial charge in [-0.1, -0.05) is 0 Å². The van der Waals surface area contributed by atoms with Crippen LogP contribution in [0.5, 0.6) is 0 Å². The molecular weight excluding hydrogens is 337 g/mol. The normalized spacial score (nSPS) is 15.2. The minimum absolute atomic E-state index is 0.0423. The molecule has 0 aliphatic carbocycles. The van der Waals surface area contributed by atoms with Gasteiger partial charge in [0.15, 0.2) is 5.65 Å². The molecule has 1 amide bonds. The van der Waals surface area contributed by atoms with E-state index in [1.54, 1.807) is 18.7 Å². The first kappa shape index (κ1) is 17.4. The predicted octanol–water partition coefficient (Wildman–Crippen LogP) is 2.18. The zero-order chi connectivity index (χ0) is 18.2. The van der Waals surface area contributed by atoms with Crippen LogP contribution in [0, 0.1) is 13.8 Å².